The van der Waals surface area contributed by atoms with Crippen molar-refractivity contribution in [1.29, 1.82) is 0 Å². The molecule has 0 aliphatic carbocycles. The van der Waals surface area contributed by atoms with Gasteiger partial charge in [0.2, 0.25) is 0 Å². The van der Waals surface area contributed by atoms with Crippen LogP contribution in [0.3, 0.4) is 0 Å². The topological polar surface area (TPSA) is 43.6 Å². The van der Waals surface area contributed by atoms with E-state index in [0.29, 0.717) is 0 Å². The summed E-state index contributed by atoms with van der Waals surface area (Å²) in [6, 6.07) is 10.3. The third-order valence-corrected chi connectivity index (χ3v) is 3.71. The molecule has 0 spiro atoms. The predicted octanol–water partition coefficient (Wildman–Crippen LogP) is 3.13. The molecule has 19 heavy (non-hydrogen) atoms. The van der Waals surface area contributed by atoms with Crippen LogP contribution in [0.4, 0.5) is 0 Å². The van der Waals surface area contributed by atoms with Gasteiger partial charge in [-0.2, -0.15) is 0 Å². The van der Waals surface area contributed by atoms with Crippen molar-refractivity contribution in [3.8, 4) is 0 Å². The number of tetrazole rings is 1. The minimum Gasteiger partial charge on any atom is -0.220 e. The van der Waals surface area contributed by atoms with Crippen molar-refractivity contribution in [3.63, 3.8) is 0 Å². The Morgan fingerprint density at radius 2 is 2.00 bits per heavy atom. The van der Waals surface area contributed by atoms with Crippen LogP contribution in [0.1, 0.15) is 44.5 Å². The van der Waals surface area contributed by atoms with Crippen LogP contribution in [0, 0.1) is 0 Å². The van der Waals surface area contributed by atoms with E-state index < -0.39 is 0 Å². The van der Waals surface area contributed by atoms with Gasteiger partial charge in [0.15, 0.2) is 5.82 Å². The summed E-state index contributed by atoms with van der Waals surface area (Å²) in [7, 11) is 0. The van der Waals surface area contributed by atoms with Crippen molar-refractivity contribution in [2.24, 2.45) is 0 Å². The van der Waals surface area contributed by atoms with E-state index in [1.54, 1.807) is 0 Å². The van der Waals surface area contributed by atoms with Crippen LogP contribution in [0.2, 0.25) is 0 Å². The molecular weight excluding hydrogens is 236 g/mol. The highest BCUT2D eigenvalue weighted by atomic mass is 15.6. The Hall–Kier alpha value is -1.97. The third kappa shape index (κ3) is 2.30. The van der Waals surface area contributed by atoms with Gasteiger partial charge in [0, 0.05) is 0 Å². The van der Waals surface area contributed by atoms with Gasteiger partial charge in [0.05, 0.1) is 5.54 Å². The van der Waals surface area contributed by atoms with Gasteiger partial charge in [-0.3, -0.25) is 0 Å². The lowest BCUT2D eigenvalue weighted by Gasteiger charge is -2.22. The average molecular weight is 254 g/mol. The van der Waals surface area contributed by atoms with Crippen molar-refractivity contribution in [3.05, 3.63) is 41.7 Å². The van der Waals surface area contributed by atoms with Crippen molar-refractivity contribution < 1.29 is 0 Å². The summed E-state index contributed by atoms with van der Waals surface area (Å²) < 4.78 is 1.97. The molecule has 0 radical (unpaired) electrons. The van der Waals surface area contributed by atoms with E-state index in [9.17, 15) is 0 Å². The molecule has 0 saturated carbocycles. The Labute approximate surface area is 113 Å². The Kier molecular flexibility index (Phi) is 2.93. The van der Waals surface area contributed by atoms with Crippen LogP contribution in [0.5, 0.6) is 0 Å². The maximum absolute atomic E-state index is 4.22. The molecule has 1 aliphatic rings. The Morgan fingerprint density at radius 3 is 2.79 bits per heavy atom. The molecule has 1 aromatic heterocycles. The number of fused-ring (bicyclic) bond motifs is 1. The molecule has 0 bridgehead atoms. The zero-order chi connectivity index (χ0) is 13.3. The van der Waals surface area contributed by atoms with Crippen molar-refractivity contribution in [2.45, 2.75) is 38.6 Å². The van der Waals surface area contributed by atoms with Gasteiger partial charge >= 0.3 is 0 Å². The van der Waals surface area contributed by atoms with E-state index >= 15 is 0 Å². The fraction of sp³-hybridized carbons (Fsp3) is 0.400. The average Bonchev–Trinajstić information content (AvgIpc) is 2.85. The first-order valence-corrected chi connectivity index (χ1v) is 6.72. The molecule has 1 aliphatic heterocycles. The highest BCUT2D eigenvalue weighted by molar-refractivity contribution is 5.78. The van der Waals surface area contributed by atoms with Gasteiger partial charge in [-0.25, -0.2) is 4.68 Å². The van der Waals surface area contributed by atoms with E-state index in [-0.39, 0.29) is 5.54 Å². The quantitative estimate of drug-likeness (QED) is 0.785. The molecule has 0 atom stereocenters. The summed E-state index contributed by atoms with van der Waals surface area (Å²) in [5, 5.41) is 12.3. The highest BCUT2D eigenvalue weighted by Gasteiger charge is 2.29. The SMILES string of the molecule is CC1(C)CCC/C(=C\c2ccccc2)c2nnnn21. The molecule has 1 aromatic carbocycles. The number of aromatic nitrogens is 4. The summed E-state index contributed by atoms with van der Waals surface area (Å²) in [5.74, 6) is 0.909. The minimum absolute atomic E-state index is 0.00882. The van der Waals surface area contributed by atoms with E-state index in [1.165, 1.54) is 11.1 Å². The summed E-state index contributed by atoms with van der Waals surface area (Å²) >= 11 is 0. The van der Waals surface area contributed by atoms with Crippen LogP contribution in [0.15, 0.2) is 30.3 Å². The van der Waals surface area contributed by atoms with Crippen molar-refractivity contribution >= 4 is 11.6 Å². The lowest BCUT2D eigenvalue weighted by Crippen LogP contribution is -2.27. The number of nitrogens with zero attached hydrogens (tertiary/aromatic N) is 4. The van der Waals surface area contributed by atoms with Crippen LogP contribution >= 0.6 is 0 Å². The molecule has 0 amide bonds. The normalized spacial score (nSPS) is 20.0. The van der Waals surface area contributed by atoms with Gasteiger partial charge in [0.1, 0.15) is 0 Å². The molecular formula is C15H18N4. The molecule has 4 heteroatoms. The Morgan fingerprint density at radius 1 is 1.21 bits per heavy atom. The maximum atomic E-state index is 4.22. The van der Waals surface area contributed by atoms with E-state index in [0.717, 1.165) is 25.1 Å². The Balaban J connectivity index is 2.06. The fourth-order valence-electron chi connectivity index (χ4n) is 2.61. The standard InChI is InChI=1S/C15H18N4/c1-15(2)10-6-9-13(14-16-17-18-19(14)15)11-12-7-4-3-5-8-12/h3-5,7-8,11H,6,9-10H2,1-2H3/b13-11+. The van der Waals surface area contributed by atoms with Crippen LogP contribution in [-0.4, -0.2) is 20.2 Å². The monoisotopic (exact) mass is 254 g/mol. The van der Waals surface area contributed by atoms with Gasteiger partial charge in [0.25, 0.3) is 0 Å². The summed E-state index contributed by atoms with van der Waals surface area (Å²) in [6.45, 7) is 4.39. The number of hydrogen-bond acceptors (Lipinski definition) is 3. The molecule has 0 saturated heterocycles. The second-order valence-electron chi connectivity index (χ2n) is 5.66. The van der Waals surface area contributed by atoms with Gasteiger partial charge < -0.3 is 0 Å². The van der Waals surface area contributed by atoms with E-state index in [2.05, 4.69) is 59.7 Å². The van der Waals surface area contributed by atoms with Gasteiger partial charge in [-0.15, -0.1) is 5.10 Å². The zero-order valence-corrected chi connectivity index (χ0v) is 11.4. The molecule has 4 nitrogen and oxygen atoms in total. The molecule has 0 N–H and O–H groups in total. The molecule has 0 unspecified atom stereocenters. The smallest absolute Gasteiger partial charge is 0.178 e. The van der Waals surface area contributed by atoms with E-state index in [4.69, 9.17) is 0 Å². The number of benzene rings is 1. The van der Waals surface area contributed by atoms with Gasteiger partial charge in [-0.05, 0) is 60.7 Å². The maximum Gasteiger partial charge on any atom is 0.178 e. The summed E-state index contributed by atoms with van der Waals surface area (Å²) in [5.41, 5.74) is 2.42. The summed E-state index contributed by atoms with van der Waals surface area (Å²) in [4.78, 5) is 0. The van der Waals surface area contributed by atoms with Crippen molar-refractivity contribution in [2.75, 3.05) is 0 Å². The molecule has 2 aromatic rings. The first kappa shape index (κ1) is 12.1. The first-order valence-electron chi connectivity index (χ1n) is 6.72. The second kappa shape index (κ2) is 4.61. The van der Waals surface area contributed by atoms with Crippen molar-refractivity contribution in [1.82, 2.24) is 20.2 Å². The minimum atomic E-state index is -0.00882. The molecule has 2 heterocycles. The van der Waals surface area contributed by atoms with Crippen LogP contribution < -0.4 is 0 Å². The Bertz CT molecular complexity index is 596. The molecule has 98 valence electrons. The summed E-state index contributed by atoms with van der Waals surface area (Å²) in [6.07, 6.45) is 5.47. The lowest BCUT2D eigenvalue weighted by molar-refractivity contribution is 0.288. The fourth-order valence-corrected chi connectivity index (χ4v) is 2.61. The molecule has 0 fully saturated rings. The molecule has 3 rings (SSSR count). The van der Waals surface area contributed by atoms with Crippen LogP contribution in [0.25, 0.3) is 11.6 Å². The first-order chi connectivity index (χ1) is 9.17. The number of allylic oxidation sites excluding steroid dienone is 1. The number of hydrogen-bond donors (Lipinski definition) is 0. The van der Waals surface area contributed by atoms with Crippen LogP contribution in [-0.2, 0) is 5.54 Å². The van der Waals surface area contributed by atoms with Gasteiger partial charge in [-0.1, -0.05) is 30.3 Å². The van der Waals surface area contributed by atoms with E-state index in [1.807, 2.05) is 10.7 Å². The largest absolute Gasteiger partial charge is 0.220 e. The highest BCUT2D eigenvalue weighted by Crippen LogP contribution is 2.33. The number of rotatable bonds is 1. The predicted molar refractivity (Wildman–Crippen MR) is 75.3 cm³/mol. The lowest BCUT2D eigenvalue weighted by atomic mass is 9.98. The zero-order valence-electron chi connectivity index (χ0n) is 11.4. The third-order valence-electron chi connectivity index (χ3n) is 3.71. The second-order valence-corrected chi connectivity index (χ2v) is 5.66.